The molecule has 0 aromatic heterocycles. The summed E-state index contributed by atoms with van der Waals surface area (Å²) in [6.45, 7) is 8.33. The van der Waals surface area contributed by atoms with E-state index in [-0.39, 0.29) is 5.91 Å². The summed E-state index contributed by atoms with van der Waals surface area (Å²) < 4.78 is 10.8. The maximum atomic E-state index is 13.0. The van der Waals surface area contributed by atoms with Crippen molar-refractivity contribution in [1.29, 1.82) is 0 Å². The lowest BCUT2D eigenvalue weighted by Crippen LogP contribution is -2.36. The fourth-order valence-corrected chi connectivity index (χ4v) is 4.02. The number of ether oxygens (including phenoxy) is 2. The molecule has 0 unspecified atom stereocenters. The minimum Gasteiger partial charge on any atom is -0.379 e. The van der Waals surface area contributed by atoms with Crippen LogP contribution in [0.4, 0.5) is 5.69 Å². The Morgan fingerprint density at radius 3 is 2.27 bits per heavy atom. The molecule has 0 radical (unpaired) electrons. The molecule has 4 rings (SSSR count). The fraction of sp³-hybridized carbons (Fsp3) is 0.458. The van der Waals surface area contributed by atoms with Gasteiger partial charge in [-0.05, 0) is 35.4 Å². The topological polar surface area (TPSA) is 45.2 Å². The van der Waals surface area contributed by atoms with Gasteiger partial charge in [0.1, 0.15) is 0 Å². The molecule has 6 heteroatoms. The van der Waals surface area contributed by atoms with E-state index in [1.807, 2.05) is 25.2 Å². The Bertz CT molecular complexity index is 828. The summed E-state index contributed by atoms with van der Waals surface area (Å²) in [6, 6.07) is 16.5. The van der Waals surface area contributed by atoms with Gasteiger partial charge in [-0.15, -0.1) is 0 Å². The van der Waals surface area contributed by atoms with Crippen LogP contribution in [0.5, 0.6) is 0 Å². The van der Waals surface area contributed by atoms with Gasteiger partial charge in [0.15, 0.2) is 0 Å². The number of anilines is 1. The Morgan fingerprint density at radius 1 is 0.900 bits per heavy atom. The van der Waals surface area contributed by atoms with Gasteiger partial charge in [-0.3, -0.25) is 9.69 Å². The SMILES string of the molecule is CN(Cc1ccc(N2CCOCC2)cc1)C(=O)c1cccc(CN2CCOCC2)c1. The standard InChI is InChI=1S/C24H31N3O3/c1-25(18-20-5-7-23(8-6-20)27-11-15-30-16-12-27)24(28)22-4-2-3-21(17-22)19-26-9-13-29-14-10-26/h2-8,17H,9-16,18-19H2,1H3. The van der Waals surface area contributed by atoms with Crippen molar-refractivity contribution in [3.8, 4) is 0 Å². The van der Waals surface area contributed by atoms with Gasteiger partial charge in [-0.25, -0.2) is 0 Å². The number of nitrogens with zero attached hydrogens (tertiary/aromatic N) is 3. The van der Waals surface area contributed by atoms with Crippen molar-refractivity contribution in [1.82, 2.24) is 9.80 Å². The number of amides is 1. The summed E-state index contributed by atoms with van der Waals surface area (Å²) in [4.78, 5) is 19.5. The van der Waals surface area contributed by atoms with Gasteiger partial charge in [-0.1, -0.05) is 24.3 Å². The van der Waals surface area contributed by atoms with Crippen molar-refractivity contribution < 1.29 is 14.3 Å². The lowest BCUT2D eigenvalue weighted by molar-refractivity contribution is 0.0341. The first kappa shape index (κ1) is 20.8. The van der Waals surface area contributed by atoms with Gasteiger partial charge in [0.05, 0.1) is 26.4 Å². The molecule has 2 aromatic carbocycles. The molecule has 0 saturated carbocycles. The third-order valence-corrected chi connectivity index (χ3v) is 5.76. The van der Waals surface area contributed by atoms with Crippen LogP contribution >= 0.6 is 0 Å². The third-order valence-electron chi connectivity index (χ3n) is 5.76. The third kappa shape index (κ3) is 5.39. The number of carbonyl (C=O) groups is 1. The van der Waals surface area contributed by atoms with E-state index >= 15 is 0 Å². The summed E-state index contributed by atoms with van der Waals surface area (Å²) in [5, 5.41) is 0. The van der Waals surface area contributed by atoms with Crippen molar-refractivity contribution in [3.63, 3.8) is 0 Å². The predicted octanol–water partition coefficient (Wildman–Crippen LogP) is 2.63. The normalized spacial score (nSPS) is 17.7. The Kier molecular flexibility index (Phi) is 7.00. The monoisotopic (exact) mass is 409 g/mol. The number of benzene rings is 2. The molecular formula is C24H31N3O3. The van der Waals surface area contributed by atoms with E-state index in [9.17, 15) is 4.79 Å². The van der Waals surface area contributed by atoms with Crippen molar-refractivity contribution in [3.05, 3.63) is 65.2 Å². The molecule has 2 fully saturated rings. The first-order valence-corrected chi connectivity index (χ1v) is 10.8. The van der Waals surface area contributed by atoms with Crippen molar-refractivity contribution in [2.75, 3.05) is 64.6 Å². The molecule has 30 heavy (non-hydrogen) atoms. The molecule has 0 spiro atoms. The van der Waals surface area contributed by atoms with Crippen LogP contribution in [0.3, 0.4) is 0 Å². The minimum absolute atomic E-state index is 0.0519. The molecule has 2 heterocycles. The Hall–Kier alpha value is -2.41. The van der Waals surface area contributed by atoms with Crippen LogP contribution in [0.2, 0.25) is 0 Å². The van der Waals surface area contributed by atoms with E-state index in [2.05, 4.69) is 40.1 Å². The summed E-state index contributed by atoms with van der Waals surface area (Å²) in [5.41, 5.74) is 4.26. The average molecular weight is 410 g/mol. The van der Waals surface area contributed by atoms with Crippen LogP contribution in [0, 0.1) is 0 Å². The maximum absolute atomic E-state index is 13.0. The zero-order valence-electron chi connectivity index (χ0n) is 17.8. The van der Waals surface area contributed by atoms with Crippen LogP contribution in [0.1, 0.15) is 21.5 Å². The van der Waals surface area contributed by atoms with E-state index in [1.54, 1.807) is 4.90 Å². The fourth-order valence-electron chi connectivity index (χ4n) is 4.02. The lowest BCUT2D eigenvalue weighted by atomic mass is 10.1. The molecule has 2 aromatic rings. The highest BCUT2D eigenvalue weighted by Gasteiger charge is 2.16. The second-order valence-electron chi connectivity index (χ2n) is 8.02. The highest BCUT2D eigenvalue weighted by atomic mass is 16.5. The van der Waals surface area contributed by atoms with Gasteiger partial charge < -0.3 is 19.3 Å². The van der Waals surface area contributed by atoms with Gasteiger partial charge in [0.25, 0.3) is 5.91 Å². The van der Waals surface area contributed by atoms with E-state index in [1.165, 1.54) is 11.3 Å². The molecule has 6 nitrogen and oxygen atoms in total. The zero-order chi connectivity index (χ0) is 20.8. The van der Waals surface area contributed by atoms with Gasteiger partial charge in [0, 0.05) is 57.6 Å². The first-order valence-electron chi connectivity index (χ1n) is 10.8. The van der Waals surface area contributed by atoms with Crippen LogP contribution in [0.25, 0.3) is 0 Å². The highest BCUT2D eigenvalue weighted by Crippen LogP contribution is 2.18. The molecule has 2 aliphatic heterocycles. The molecular weight excluding hydrogens is 378 g/mol. The van der Waals surface area contributed by atoms with Crippen LogP contribution in [-0.2, 0) is 22.6 Å². The Morgan fingerprint density at radius 2 is 1.57 bits per heavy atom. The number of rotatable bonds is 6. The quantitative estimate of drug-likeness (QED) is 0.734. The van der Waals surface area contributed by atoms with E-state index in [0.29, 0.717) is 6.54 Å². The number of hydrogen-bond donors (Lipinski definition) is 0. The summed E-state index contributed by atoms with van der Waals surface area (Å²) >= 11 is 0. The van der Waals surface area contributed by atoms with Crippen molar-refractivity contribution in [2.24, 2.45) is 0 Å². The van der Waals surface area contributed by atoms with Crippen LogP contribution in [-0.4, -0.2) is 75.4 Å². The molecule has 0 bridgehead atoms. The number of carbonyl (C=O) groups excluding carboxylic acids is 1. The van der Waals surface area contributed by atoms with Gasteiger partial charge in [-0.2, -0.15) is 0 Å². The Balaban J connectivity index is 1.35. The molecule has 2 saturated heterocycles. The summed E-state index contributed by atoms with van der Waals surface area (Å²) in [5.74, 6) is 0.0519. The molecule has 2 aliphatic rings. The lowest BCUT2D eigenvalue weighted by Gasteiger charge is -2.29. The molecule has 0 atom stereocenters. The molecule has 0 aliphatic carbocycles. The number of hydrogen-bond acceptors (Lipinski definition) is 5. The number of morpholine rings is 2. The van der Waals surface area contributed by atoms with E-state index in [0.717, 1.165) is 70.3 Å². The highest BCUT2D eigenvalue weighted by molar-refractivity contribution is 5.94. The van der Waals surface area contributed by atoms with Gasteiger partial charge >= 0.3 is 0 Å². The minimum atomic E-state index is 0.0519. The maximum Gasteiger partial charge on any atom is 0.253 e. The smallest absolute Gasteiger partial charge is 0.253 e. The van der Waals surface area contributed by atoms with Crippen molar-refractivity contribution >= 4 is 11.6 Å². The molecule has 160 valence electrons. The first-order chi connectivity index (χ1) is 14.7. The van der Waals surface area contributed by atoms with Gasteiger partial charge in [0.2, 0.25) is 0 Å². The van der Waals surface area contributed by atoms with Crippen LogP contribution in [0.15, 0.2) is 48.5 Å². The zero-order valence-corrected chi connectivity index (χ0v) is 17.8. The Labute approximate surface area is 179 Å². The van der Waals surface area contributed by atoms with E-state index in [4.69, 9.17) is 9.47 Å². The average Bonchev–Trinajstić information content (AvgIpc) is 2.80. The largest absolute Gasteiger partial charge is 0.379 e. The molecule has 0 N–H and O–H groups in total. The summed E-state index contributed by atoms with van der Waals surface area (Å²) in [7, 11) is 1.87. The predicted molar refractivity (Wildman–Crippen MR) is 118 cm³/mol. The van der Waals surface area contributed by atoms with E-state index < -0.39 is 0 Å². The second-order valence-corrected chi connectivity index (χ2v) is 8.02. The second kappa shape index (κ2) is 10.1. The van der Waals surface area contributed by atoms with Crippen LogP contribution < -0.4 is 4.90 Å². The molecule has 1 amide bonds. The van der Waals surface area contributed by atoms with Crippen molar-refractivity contribution in [2.45, 2.75) is 13.1 Å². The summed E-state index contributed by atoms with van der Waals surface area (Å²) in [6.07, 6.45) is 0.